The monoisotopic (exact) mass is 562 g/mol. The highest BCUT2D eigenvalue weighted by molar-refractivity contribution is 14.0. The number of carbonyl (C=O) groups is 1. The molecule has 0 saturated carbocycles. The first-order chi connectivity index (χ1) is 15.3. The molecule has 3 rings (SSSR count). The van der Waals surface area contributed by atoms with Crippen molar-refractivity contribution in [2.24, 2.45) is 4.99 Å². The second-order valence-electron chi connectivity index (χ2n) is 8.91. The van der Waals surface area contributed by atoms with Crippen molar-refractivity contribution in [1.29, 1.82) is 0 Å². The number of amides is 1. The lowest BCUT2D eigenvalue weighted by atomic mass is 10.1. The fourth-order valence-corrected chi connectivity index (χ4v) is 3.56. The number of aromatic nitrogens is 2. The summed E-state index contributed by atoms with van der Waals surface area (Å²) in [6, 6.07) is 15.9. The molecule has 0 atom stereocenters. The maximum atomic E-state index is 12.4. The third kappa shape index (κ3) is 7.73. The molecule has 0 aliphatic rings. The summed E-state index contributed by atoms with van der Waals surface area (Å²) in [4.78, 5) is 21.3. The normalized spacial score (nSPS) is 11.7. The van der Waals surface area contributed by atoms with Crippen molar-refractivity contribution in [2.75, 3.05) is 13.6 Å². The first kappa shape index (κ1) is 26.6. The molecule has 0 fully saturated rings. The SMILES string of the molecule is CN=C(NCCCn1c(C)nc2ccccc21)NCc1cccc(C(=O)NC(C)(C)C)c1.I. The number of hydrogen-bond acceptors (Lipinski definition) is 3. The smallest absolute Gasteiger partial charge is 0.251 e. The van der Waals surface area contributed by atoms with Gasteiger partial charge in [0, 0.05) is 37.8 Å². The molecule has 0 aliphatic heterocycles. The van der Waals surface area contributed by atoms with E-state index < -0.39 is 0 Å². The Morgan fingerprint density at radius 1 is 1.09 bits per heavy atom. The Labute approximate surface area is 213 Å². The van der Waals surface area contributed by atoms with Crippen molar-refractivity contribution in [3.63, 3.8) is 0 Å². The van der Waals surface area contributed by atoms with Crippen molar-refractivity contribution >= 4 is 46.9 Å². The zero-order valence-electron chi connectivity index (χ0n) is 20.1. The molecule has 178 valence electrons. The van der Waals surface area contributed by atoms with E-state index in [1.165, 1.54) is 5.52 Å². The third-order valence-electron chi connectivity index (χ3n) is 5.06. The van der Waals surface area contributed by atoms with Crippen LogP contribution in [-0.4, -0.2) is 40.5 Å². The van der Waals surface area contributed by atoms with Crippen LogP contribution >= 0.6 is 24.0 Å². The van der Waals surface area contributed by atoms with Crippen LogP contribution in [0.15, 0.2) is 53.5 Å². The predicted molar refractivity (Wildman–Crippen MR) is 146 cm³/mol. The summed E-state index contributed by atoms with van der Waals surface area (Å²) >= 11 is 0. The molecule has 0 bridgehead atoms. The van der Waals surface area contributed by atoms with Gasteiger partial charge in [-0.15, -0.1) is 24.0 Å². The number of para-hydroxylation sites is 2. The highest BCUT2D eigenvalue weighted by Gasteiger charge is 2.15. The third-order valence-corrected chi connectivity index (χ3v) is 5.06. The zero-order chi connectivity index (χ0) is 23.1. The minimum atomic E-state index is -0.265. The fourth-order valence-electron chi connectivity index (χ4n) is 3.56. The first-order valence-electron chi connectivity index (χ1n) is 11.0. The van der Waals surface area contributed by atoms with Gasteiger partial charge < -0.3 is 20.5 Å². The van der Waals surface area contributed by atoms with E-state index in [1.54, 1.807) is 7.05 Å². The van der Waals surface area contributed by atoms with Gasteiger partial charge in [-0.25, -0.2) is 4.98 Å². The molecule has 33 heavy (non-hydrogen) atoms. The van der Waals surface area contributed by atoms with Gasteiger partial charge in [-0.1, -0.05) is 24.3 Å². The molecular weight excluding hydrogens is 527 g/mol. The number of guanidine groups is 1. The van der Waals surface area contributed by atoms with Gasteiger partial charge in [0.05, 0.1) is 11.0 Å². The zero-order valence-corrected chi connectivity index (χ0v) is 22.4. The van der Waals surface area contributed by atoms with Crippen LogP contribution in [0, 0.1) is 6.92 Å². The van der Waals surface area contributed by atoms with Crippen molar-refractivity contribution < 1.29 is 4.79 Å². The van der Waals surface area contributed by atoms with Crippen LogP contribution in [0.4, 0.5) is 0 Å². The number of carbonyl (C=O) groups excluding carboxylic acids is 1. The Morgan fingerprint density at radius 3 is 2.58 bits per heavy atom. The van der Waals surface area contributed by atoms with Crippen LogP contribution in [0.1, 0.15) is 48.9 Å². The summed E-state index contributed by atoms with van der Waals surface area (Å²) in [7, 11) is 1.76. The van der Waals surface area contributed by atoms with E-state index in [4.69, 9.17) is 0 Å². The van der Waals surface area contributed by atoms with Gasteiger partial charge >= 0.3 is 0 Å². The summed E-state index contributed by atoms with van der Waals surface area (Å²) in [5, 5.41) is 9.68. The number of nitrogens with one attached hydrogen (secondary N) is 3. The summed E-state index contributed by atoms with van der Waals surface area (Å²) in [5.41, 5.74) is 3.62. The van der Waals surface area contributed by atoms with E-state index in [0.717, 1.165) is 42.4 Å². The molecule has 1 amide bonds. The second kappa shape index (κ2) is 12.0. The molecule has 0 spiro atoms. The molecule has 3 aromatic rings. The Hall–Kier alpha value is -2.62. The topological polar surface area (TPSA) is 83.3 Å². The maximum absolute atomic E-state index is 12.4. The van der Waals surface area contributed by atoms with Crippen LogP contribution in [0.2, 0.25) is 0 Å². The van der Waals surface area contributed by atoms with Gasteiger partial charge in [0.2, 0.25) is 0 Å². The van der Waals surface area contributed by atoms with Gasteiger partial charge in [-0.05, 0) is 63.9 Å². The lowest BCUT2D eigenvalue weighted by Gasteiger charge is -2.20. The molecule has 8 heteroatoms. The van der Waals surface area contributed by atoms with Gasteiger partial charge in [-0.3, -0.25) is 9.79 Å². The quantitative estimate of drug-likeness (QED) is 0.174. The molecule has 0 saturated heterocycles. The van der Waals surface area contributed by atoms with Crippen LogP contribution in [-0.2, 0) is 13.1 Å². The Kier molecular flexibility index (Phi) is 9.70. The molecule has 1 heterocycles. The fraction of sp³-hybridized carbons (Fsp3) is 0.400. The van der Waals surface area contributed by atoms with E-state index in [2.05, 4.69) is 36.6 Å². The van der Waals surface area contributed by atoms with Crippen molar-refractivity contribution in [1.82, 2.24) is 25.5 Å². The molecule has 2 aromatic carbocycles. The Balaban J connectivity index is 0.00000385. The van der Waals surface area contributed by atoms with Crippen LogP contribution < -0.4 is 16.0 Å². The number of benzene rings is 2. The van der Waals surface area contributed by atoms with Gasteiger partial charge in [0.15, 0.2) is 5.96 Å². The van der Waals surface area contributed by atoms with E-state index in [1.807, 2.05) is 70.2 Å². The summed E-state index contributed by atoms with van der Waals surface area (Å²) in [5.74, 6) is 1.70. The number of aliphatic imine (C=N–C) groups is 1. The van der Waals surface area contributed by atoms with Crippen molar-refractivity contribution in [2.45, 2.75) is 52.7 Å². The van der Waals surface area contributed by atoms with Crippen molar-refractivity contribution in [3.8, 4) is 0 Å². The average Bonchev–Trinajstić information content (AvgIpc) is 3.07. The van der Waals surface area contributed by atoms with Gasteiger partial charge in [0.1, 0.15) is 5.82 Å². The molecule has 7 nitrogen and oxygen atoms in total. The minimum Gasteiger partial charge on any atom is -0.356 e. The van der Waals surface area contributed by atoms with E-state index in [0.29, 0.717) is 12.1 Å². The summed E-state index contributed by atoms with van der Waals surface area (Å²) < 4.78 is 2.25. The molecule has 0 unspecified atom stereocenters. The first-order valence-corrected chi connectivity index (χ1v) is 11.0. The number of aryl methyl sites for hydroxylation is 2. The largest absolute Gasteiger partial charge is 0.356 e. The number of rotatable bonds is 7. The lowest BCUT2D eigenvalue weighted by molar-refractivity contribution is 0.0919. The Bertz CT molecular complexity index is 1100. The summed E-state index contributed by atoms with van der Waals surface area (Å²) in [6.07, 6.45) is 0.949. The number of halogens is 1. The van der Waals surface area contributed by atoms with Gasteiger partial charge in [-0.2, -0.15) is 0 Å². The maximum Gasteiger partial charge on any atom is 0.251 e. The van der Waals surface area contributed by atoms with E-state index in [-0.39, 0.29) is 35.4 Å². The van der Waals surface area contributed by atoms with Crippen LogP contribution in [0.5, 0.6) is 0 Å². The predicted octanol–water partition coefficient (Wildman–Crippen LogP) is 4.25. The minimum absolute atomic E-state index is 0. The number of fused-ring (bicyclic) bond motifs is 1. The average molecular weight is 563 g/mol. The Morgan fingerprint density at radius 2 is 1.85 bits per heavy atom. The standard InChI is InChI=1S/C25H34N6O.HI/c1-18-29-21-12-6-7-13-22(21)31(18)15-9-14-27-24(26-5)28-17-19-10-8-11-20(16-19)23(32)30-25(2,3)4;/h6-8,10-13,16H,9,14-15,17H2,1-5H3,(H,30,32)(H2,26,27,28);1H. The molecule has 0 aliphatic carbocycles. The van der Waals surface area contributed by atoms with Crippen LogP contribution in [0.3, 0.4) is 0 Å². The van der Waals surface area contributed by atoms with E-state index in [9.17, 15) is 4.79 Å². The molecule has 0 radical (unpaired) electrons. The van der Waals surface area contributed by atoms with Gasteiger partial charge in [0.25, 0.3) is 5.91 Å². The van der Waals surface area contributed by atoms with E-state index >= 15 is 0 Å². The lowest BCUT2D eigenvalue weighted by Crippen LogP contribution is -2.40. The highest BCUT2D eigenvalue weighted by Crippen LogP contribution is 2.15. The van der Waals surface area contributed by atoms with Crippen molar-refractivity contribution in [3.05, 3.63) is 65.5 Å². The number of nitrogens with zero attached hydrogens (tertiary/aromatic N) is 3. The summed E-state index contributed by atoms with van der Waals surface area (Å²) in [6.45, 7) is 10.2. The molecule has 3 N–H and O–H groups in total. The number of imidazole rings is 1. The second-order valence-corrected chi connectivity index (χ2v) is 8.91. The highest BCUT2D eigenvalue weighted by atomic mass is 127. The van der Waals surface area contributed by atoms with Crippen LogP contribution in [0.25, 0.3) is 11.0 Å². The molecule has 1 aromatic heterocycles. The molecular formula is C25H35IN6O. The number of hydrogen-bond donors (Lipinski definition) is 3.